The molecule has 0 atom stereocenters. The van der Waals surface area contributed by atoms with Crippen LogP contribution in [-0.2, 0) is 0 Å². The fourth-order valence-corrected chi connectivity index (χ4v) is 4.11. The average molecular weight is 392 g/mol. The van der Waals surface area contributed by atoms with Gasteiger partial charge in [-0.25, -0.2) is 4.98 Å². The van der Waals surface area contributed by atoms with E-state index in [0.29, 0.717) is 0 Å². The van der Waals surface area contributed by atoms with Crippen molar-refractivity contribution in [2.45, 2.75) is 26.7 Å². The summed E-state index contributed by atoms with van der Waals surface area (Å²) in [4.78, 5) is 17.0. The lowest BCUT2D eigenvalue weighted by Gasteiger charge is -2.36. The largest absolute Gasteiger partial charge is 0.354 e. The maximum atomic E-state index is 4.94. The number of piperidine rings is 1. The van der Waals surface area contributed by atoms with E-state index in [0.717, 1.165) is 69.2 Å². The topological polar surface area (TPSA) is 35.5 Å². The normalized spacial score (nSPS) is 19.2. The highest BCUT2D eigenvalue weighted by Crippen LogP contribution is 2.23. The Bertz CT molecular complexity index is 803. The lowest BCUT2D eigenvalue weighted by molar-refractivity contribution is 0.283. The zero-order valence-corrected chi connectivity index (χ0v) is 17.8. The van der Waals surface area contributed by atoms with Crippen LogP contribution in [0, 0.1) is 12.8 Å². The summed E-state index contributed by atoms with van der Waals surface area (Å²) in [6.07, 6.45) is 6.96. The third-order valence-electron chi connectivity index (χ3n) is 6.07. The summed E-state index contributed by atoms with van der Waals surface area (Å²) < 4.78 is 0. The number of anilines is 2. The van der Waals surface area contributed by atoms with E-state index in [1.54, 1.807) is 0 Å². The lowest BCUT2D eigenvalue weighted by Crippen LogP contribution is -2.46. The molecule has 4 rings (SSSR count). The molecule has 5 nitrogen and oxygen atoms in total. The lowest BCUT2D eigenvalue weighted by atomic mass is 10.00. The number of rotatable bonds is 5. The fourth-order valence-electron chi connectivity index (χ4n) is 4.11. The number of benzene rings is 1. The molecule has 1 aromatic heterocycles. The maximum Gasteiger partial charge on any atom is 0.227 e. The van der Waals surface area contributed by atoms with E-state index >= 15 is 0 Å². The van der Waals surface area contributed by atoms with Crippen molar-refractivity contribution in [3.63, 3.8) is 0 Å². The summed E-state index contributed by atoms with van der Waals surface area (Å²) >= 11 is 0. The van der Waals surface area contributed by atoms with Crippen LogP contribution >= 0.6 is 0 Å². The molecule has 0 amide bonds. The molecular weight excluding hydrogens is 358 g/mol. The number of nitrogens with zero attached hydrogens (tertiary/aromatic N) is 5. The summed E-state index contributed by atoms with van der Waals surface area (Å²) in [6, 6.07) is 12.7. The summed E-state index contributed by atoms with van der Waals surface area (Å²) in [6.45, 7) is 11.8. The molecular formula is C24H33N5. The van der Waals surface area contributed by atoms with Crippen molar-refractivity contribution in [2.75, 3.05) is 55.6 Å². The van der Waals surface area contributed by atoms with Crippen LogP contribution < -0.4 is 9.80 Å². The van der Waals surface area contributed by atoms with Crippen LogP contribution in [0.5, 0.6) is 0 Å². The van der Waals surface area contributed by atoms with Gasteiger partial charge < -0.3 is 9.80 Å². The van der Waals surface area contributed by atoms with Crippen molar-refractivity contribution >= 4 is 17.8 Å². The zero-order chi connectivity index (χ0) is 20.1. The van der Waals surface area contributed by atoms with Gasteiger partial charge in [-0.3, -0.25) is 4.90 Å². The summed E-state index contributed by atoms with van der Waals surface area (Å²) in [7, 11) is 0. The fraction of sp³-hybridized carbons (Fsp3) is 0.500. The highest BCUT2D eigenvalue weighted by atomic mass is 15.3. The Balaban J connectivity index is 1.33. The van der Waals surface area contributed by atoms with Gasteiger partial charge in [-0.1, -0.05) is 49.4 Å². The van der Waals surface area contributed by atoms with Crippen molar-refractivity contribution in [2.24, 2.45) is 5.92 Å². The van der Waals surface area contributed by atoms with Gasteiger partial charge >= 0.3 is 0 Å². The van der Waals surface area contributed by atoms with E-state index in [-0.39, 0.29) is 0 Å². The van der Waals surface area contributed by atoms with Crippen LogP contribution in [0.3, 0.4) is 0 Å². The highest BCUT2D eigenvalue weighted by molar-refractivity contribution is 5.49. The van der Waals surface area contributed by atoms with E-state index in [9.17, 15) is 0 Å². The van der Waals surface area contributed by atoms with Gasteiger partial charge in [0, 0.05) is 57.6 Å². The number of hydrogen-bond donors (Lipinski definition) is 0. The molecule has 2 aliphatic rings. The molecule has 29 heavy (non-hydrogen) atoms. The Morgan fingerprint density at radius 3 is 2.38 bits per heavy atom. The van der Waals surface area contributed by atoms with Crippen LogP contribution in [0.25, 0.3) is 6.08 Å². The standard InChI is InChI=1S/C24H33N5/c1-20-10-13-29(14-11-20)24-25-21(2)19-23(26-24)28-17-15-27(16-18-28)12-6-9-22-7-4-3-5-8-22/h3-9,19-20H,10-18H2,1-2H3/b9-6+. The monoisotopic (exact) mass is 391 g/mol. The predicted molar refractivity (Wildman–Crippen MR) is 122 cm³/mol. The van der Waals surface area contributed by atoms with Gasteiger partial charge in [-0.05, 0) is 31.2 Å². The first-order chi connectivity index (χ1) is 14.2. The van der Waals surface area contributed by atoms with E-state index in [1.165, 1.54) is 18.4 Å². The number of hydrogen-bond acceptors (Lipinski definition) is 5. The first-order valence-electron chi connectivity index (χ1n) is 11.0. The van der Waals surface area contributed by atoms with Crippen molar-refractivity contribution in [3.8, 4) is 0 Å². The molecule has 0 N–H and O–H groups in total. The smallest absolute Gasteiger partial charge is 0.227 e. The molecule has 0 spiro atoms. The Hall–Kier alpha value is -2.40. The first kappa shape index (κ1) is 19.9. The molecule has 2 fully saturated rings. The number of aromatic nitrogens is 2. The van der Waals surface area contributed by atoms with Crippen LogP contribution in [-0.4, -0.2) is 60.7 Å². The third-order valence-corrected chi connectivity index (χ3v) is 6.07. The van der Waals surface area contributed by atoms with Crippen LogP contribution in [0.15, 0.2) is 42.5 Å². The summed E-state index contributed by atoms with van der Waals surface area (Å²) in [5.41, 5.74) is 2.33. The molecule has 3 heterocycles. The first-order valence-corrected chi connectivity index (χ1v) is 11.0. The minimum Gasteiger partial charge on any atom is -0.354 e. The zero-order valence-electron chi connectivity index (χ0n) is 17.8. The molecule has 0 bridgehead atoms. The number of piperazine rings is 1. The highest BCUT2D eigenvalue weighted by Gasteiger charge is 2.21. The molecule has 2 saturated heterocycles. The molecule has 154 valence electrons. The molecule has 0 saturated carbocycles. The van der Waals surface area contributed by atoms with Crippen molar-refractivity contribution in [3.05, 3.63) is 53.7 Å². The molecule has 0 unspecified atom stereocenters. The summed E-state index contributed by atoms with van der Waals surface area (Å²) in [5.74, 6) is 2.82. The van der Waals surface area contributed by atoms with Gasteiger partial charge in [-0.15, -0.1) is 0 Å². The third kappa shape index (κ3) is 5.36. The Morgan fingerprint density at radius 2 is 1.66 bits per heavy atom. The molecule has 2 aromatic rings. The molecule has 1 aromatic carbocycles. The van der Waals surface area contributed by atoms with Crippen LogP contribution in [0.1, 0.15) is 31.0 Å². The number of aryl methyl sites for hydroxylation is 1. The predicted octanol–water partition coefficient (Wildman–Crippen LogP) is 3.86. The van der Waals surface area contributed by atoms with Crippen LogP contribution in [0.2, 0.25) is 0 Å². The van der Waals surface area contributed by atoms with Crippen LogP contribution in [0.4, 0.5) is 11.8 Å². The molecule has 0 aliphatic carbocycles. The van der Waals surface area contributed by atoms with Gasteiger partial charge in [0.05, 0.1) is 0 Å². The van der Waals surface area contributed by atoms with Gasteiger partial charge in [-0.2, -0.15) is 4.98 Å². The van der Waals surface area contributed by atoms with E-state index in [1.807, 2.05) is 0 Å². The second kappa shape index (κ2) is 9.40. The van der Waals surface area contributed by atoms with Gasteiger partial charge in [0.25, 0.3) is 0 Å². The molecule has 5 heteroatoms. The van der Waals surface area contributed by atoms with Crippen molar-refractivity contribution in [1.82, 2.24) is 14.9 Å². The Labute approximate surface area is 175 Å². The minimum atomic E-state index is 0.819. The van der Waals surface area contributed by atoms with Gasteiger partial charge in [0.1, 0.15) is 5.82 Å². The average Bonchev–Trinajstić information content (AvgIpc) is 2.75. The Morgan fingerprint density at radius 1 is 0.931 bits per heavy atom. The summed E-state index contributed by atoms with van der Waals surface area (Å²) in [5, 5.41) is 0. The quantitative estimate of drug-likeness (QED) is 0.773. The van der Waals surface area contributed by atoms with Gasteiger partial charge in [0.2, 0.25) is 5.95 Å². The second-order valence-corrected chi connectivity index (χ2v) is 8.44. The molecule has 0 radical (unpaired) electrons. The SMILES string of the molecule is Cc1cc(N2CCN(C/C=C/c3ccccc3)CC2)nc(N2CCC(C)CC2)n1. The molecule has 2 aliphatic heterocycles. The van der Waals surface area contributed by atoms with Crippen molar-refractivity contribution in [1.29, 1.82) is 0 Å². The van der Waals surface area contributed by atoms with E-state index < -0.39 is 0 Å². The van der Waals surface area contributed by atoms with E-state index in [4.69, 9.17) is 9.97 Å². The van der Waals surface area contributed by atoms with E-state index in [2.05, 4.69) is 77.1 Å². The second-order valence-electron chi connectivity index (χ2n) is 8.44. The van der Waals surface area contributed by atoms with Crippen molar-refractivity contribution < 1.29 is 0 Å². The van der Waals surface area contributed by atoms with Gasteiger partial charge in [0.15, 0.2) is 0 Å². The maximum absolute atomic E-state index is 4.94. The minimum absolute atomic E-state index is 0.819. The Kier molecular flexibility index (Phi) is 6.45.